The first-order chi connectivity index (χ1) is 29.0. The van der Waals surface area contributed by atoms with Crippen molar-refractivity contribution < 1.29 is 29.4 Å². The molecule has 2 amide bonds. The molecule has 5 atom stereocenters. The summed E-state index contributed by atoms with van der Waals surface area (Å²) in [5.74, 6) is -0.542. The summed E-state index contributed by atoms with van der Waals surface area (Å²) in [7, 11) is 1.52. The van der Waals surface area contributed by atoms with Gasteiger partial charge in [0.2, 0.25) is 5.91 Å². The van der Waals surface area contributed by atoms with E-state index >= 15 is 0 Å². The maximum absolute atomic E-state index is 13.7. The minimum Gasteiger partial charge on any atom is -0.400 e. The number of carbonyl (C=O) groups excluding carboxylic acids is 3. The molecule has 0 aliphatic heterocycles. The standard InChI is InChI=1S/C36H41N5O4S.C8H12N2.C2H6.CH4O/c1-25(30-14-16-32(37)17-15-30)39-35(43)26(2)38-22-33(19-27-10-6-4-7-11-27)40-36(44)31-18-29(24-42)20-34(21-31)41(46(3)45)23-28-12-8-5-9-13-28;1-7(9-2)8-4-3-5-10-6-8;2*1-2/h4-18,20-21,24-26,33,38H,19,22-23,37H2,1-3H3,(H,39,43)(H,40,44);3-7,9H,1-2H3;1-2H3;2H,1H3/p+1/t25-,26+,33+,46?;;;/m1.../s1. The SMILES string of the molecule is CC.CNC(C)c1cccnc1.CO.C[C@H](NC[C@H](Cc1ccccc1)NC(=O)c1cc(C=O)cc(N(Cc2ccccc2)S(C)=O)c1)C(=O)N[C@H](C)c1ccc([NH3+])cc1. The molecule has 0 radical (unpaired) electrons. The van der Waals surface area contributed by atoms with Gasteiger partial charge in [0.05, 0.1) is 24.3 Å². The normalized spacial score (nSPS) is 12.8. The highest BCUT2D eigenvalue weighted by Gasteiger charge is 2.22. The number of aliphatic hydroxyl groups is 1. The molecule has 0 aliphatic carbocycles. The molecule has 2 unspecified atom stereocenters. The predicted molar refractivity (Wildman–Crippen MR) is 244 cm³/mol. The Kier molecular flexibility index (Phi) is 23.6. The van der Waals surface area contributed by atoms with E-state index in [4.69, 9.17) is 5.11 Å². The van der Waals surface area contributed by atoms with E-state index in [2.05, 4.69) is 45.0 Å². The van der Waals surface area contributed by atoms with E-state index in [9.17, 15) is 18.6 Å². The molecule has 13 heteroatoms. The molecule has 8 N–H and O–H groups in total. The van der Waals surface area contributed by atoms with Crippen molar-refractivity contribution in [2.45, 2.75) is 71.8 Å². The second-order valence-corrected chi connectivity index (χ2v) is 14.9. The quantitative estimate of drug-likeness (QED) is 0.0630. The number of aldehydes is 1. The van der Waals surface area contributed by atoms with Crippen LogP contribution in [0, 0.1) is 0 Å². The highest BCUT2D eigenvalue weighted by molar-refractivity contribution is 7.85. The number of benzene rings is 4. The lowest BCUT2D eigenvalue weighted by Gasteiger charge is -2.25. The summed E-state index contributed by atoms with van der Waals surface area (Å²) in [6.07, 6.45) is 6.42. The maximum atomic E-state index is 13.7. The molecule has 322 valence electrons. The van der Waals surface area contributed by atoms with Gasteiger partial charge in [-0.25, -0.2) is 4.21 Å². The van der Waals surface area contributed by atoms with Gasteiger partial charge in [0.15, 0.2) is 0 Å². The Morgan fingerprint density at radius 3 is 1.98 bits per heavy atom. The summed E-state index contributed by atoms with van der Waals surface area (Å²) in [6, 6.07) is 35.2. The maximum Gasteiger partial charge on any atom is 0.251 e. The second kappa shape index (κ2) is 28.0. The molecule has 0 saturated carbocycles. The van der Waals surface area contributed by atoms with Crippen LogP contribution in [0.1, 0.15) is 89.7 Å². The van der Waals surface area contributed by atoms with Crippen LogP contribution >= 0.6 is 0 Å². The van der Waals surface area contributed by atoms with Gasteiger partial charge < -0.3 is 32.1 Å². The van der Waals surface area contributed by atoms with Crippen molar-refractivity contribution in [3.05, 3.63) is 161 Å². The molecule has 1 heterocycles. The molecule has 0 fully saturated rings. The minimum absolute atomic E-state index is 0.162. The smallest absolute Gasteiger partial charge is 0.251 e. The van der Waals surface area contributed by atoms with E-state index in [-0.39, 0.29) is 29.5 Å². The van der Waals surface area contributed by atoms with E-state index in [1.807, 2.05) is 125 Å². The minimum atomic E-state index is -1.42. The van der Waals surface area contributed by atoms with Crippen LogP contribution in [0.5, 0.6) is 0 Å². The van der Waals surface area contributed by atoms with Crippen LogP contribution in [0.2, 0.25) is 0 Å². The fraction of sp³-hybridized carbons (Fsp3) is 0.319. The number of nitrogens with zero attached hydrogens (tertiary/aromatic N) is 2. The number of amides is 2. The number of aromatic nitrogens is 1. The molecule has 0 aliphatic rings. The van der Waals surface area contributed by atoms with Crippen molar-refractivity contribution >= 4 is 40.5 Å². The van der Waals surface area contributed by atoms with Gasteiger partial charge in [-0.05, 0) is 92.9 Å². The van der Waals surface area contributed by atoms with Crippen LogP contribution < -0.4 is 31.3 Å². The lowest BCUT2D eigenvalue weighted by atomic mass is 10.0. The van der Waals surface area contributed by atoms with Gasteiger partial charge >= 0.3 is 0 Å². The number of hydrogen-bond acceptors (Lipinski definition) is 8. The molecule has 5 rings (SSSR count). The third-order valence-electron chi connectivity index (χ3n) is 9.29. The van der Waals surface area contributed by atoms with Crippen LogP contribution in [-0.2, 0) is 28.7 Å². The van der Waals surface area contributed by atoms with Crippen molar-refractivity contribution in [2.75, 3.05) is 31.3 Å². The average Bonchev–Trinajstić information content (AvgIpc) is 3.29. The van der Waals surface area contributed by atoms with Crippen molar-refractivity contribution in [3.63, 3.8) is 0 Å². The number of rotatable bonds is 17. The van der Waals surface area contributed by atoms with Gasteiger partial charge in [0.1, 0.15) is 23.0 Å². The summed E-state index contributed by atoms with van der Waals surface area (Å²) >= 11 is 0. The molecule has 4 aromatic carbocycles. The predicted octanol–water partition coefficient (Wildman–Crippen LogP) is 5.87. The van der Waals surface area contributed by atoms with Gasteiger partial charge in [-0.2, -0.15) is 0 Å². The third kappa shape index (κ3) is 17.3. The number of pyridine rings is 1. The van der Waals surface area contributed by atoms with Crippen LogP contribution in [0.15, 0.2) is 128 Å². The van der Waals surface area contributed by atoms with Crippen LogP contribution in [0.25, 0.3) is 0 Å². The van der Waals surface area contributed by atoms with E-state index in [1.54, 1.807) is 35.8 Å². The molecule has 60 heavy (non-hydrogen) atoms. The highest BCUT2D eigenvalue weighted by Crippen LogP contribution is 2.23. The van der Waals surface area contributed by atoms with Gasteiger partial charge in [-0.15, -0.1) is 0 Å². The van der Waals surface area contributed by atoms with Gasteiger partial charge in [0, 0.05) is 55.5 Å². The zero-order chi connectivity index (χ0) is 44.5. The van der Waals surface area contributed by atoms with Crippen LogP contribution in [0.4, 0.5) is 11.4 Å². The summed E-state index contributed by atoms with van der Waals surface area (Å²) in [5.41, 5.74) is 10.1. The molecule has 0 bridgehead atoms. The molecular formula is C47H64N7O5S+. The monoisotopic (exact) mass is 838 g/mol. The number of aliphatic hydroxyl groups excluding tert-OH is 1. The first-order valence-corrected chi connectivity index (χ1v) is 21.6. The van der Waals surface area contributed by atoms with Crippen LogP contribution in [-0.4, -0.2) is 71.4 Å². The number of carbonyl (C=O) groups is 3. The molecule has 0 saturated heterocycles. The van der Waals surface area contributed by atoms with E-state index in [1.165, 1.54) is 11.6 Å². The number of anilines is 1. The molecule has 1 aromatic heterocycles. The number of quaternary nitrogens is 1. The zero-order valence-corrected chi connectivity index (χ0v) is 37.0. The average molecular weight is 839 g/mol. The fourth-order valence-electron chi connectivity index (χ4n) is 5.84. The van der Waals surface area contributed by atoms with Crippen molar-refractivity contribution in [1.82, 2.24) is 26.3 Å². The number of hydrogen-bond donors (Lipinski definition) is 6. The topological polar surface area (TPSA) is 180 Å². The zero-order valence-electron chi connectivity index (χ0n) is 36.2. The second-order valence-electron chi connectivity index (χ2n) is 13.6. The van der Waals surface area contributed by atoms with Crippen molar-refractivity contribution in [3.8, 4) is 0 Å². The Hall–Kier alpha value is -5.57. The Bertz CT molecular complexity index is 2010. The Morgan fingerprint density at radius 1 is 0.817 bits per heavy atom. The molecular weight excluding hydrogens is 775 g/mol. The lowest BCUT2D eigenvalue weighted by Crippen LogP contribution is -2.49. The first kappa shape index (κ1) is 50.6. The Labute approximate surface area is 359 Å². The summed E-state index contributed by atoms with van der Waals surface area (Å²) in [5, 5.41) is 19.6. The molecule has 0 spiro atoms. The molecule has 12 nitrogen and oxygen atoms in total. The first-order valence-electron chi connectivity index (χ1n) is 20.0. The summed E-state index contributed by atoms with van der Waals surface area (Å²) < 4.78 is 14.4. The highest BCUT2D eigenvalue weighted by atomic mass is 32.2. The number of nitrogens with one attached hydrogen (secondary N) is 4. The summed E-state index contributed by atoms with van der Waals surface area (Å²) in [6.45, 7) is 10.5. The van der Waals surface area contributed by atoms with Crippen molar-refractivity contribution in [2.24, 2.45) is 0 Å². The van der Waals surface area contributed by atoms with Gasteiger partial charge in [0.25, 0.3) is 5.91 Å². The van der Waals surface area contributed by atoms with Crippen molar-refractivity contribution in [1.29, 1.82) is 0 Å². The fourth-order valence-corrected chi connectivity index (χ4v) is 6.57. The van der Waals surface area contributed by atoms with Crippen LogP contribution in [0.3, 0.4) is 0 Å². The van der Waals surface area contributed by atoms with E-state index < -0.39 is 17.0 Å². The van der Waals surface area contributed by atoms with Gasteiger partial charge in [-0.3, -0.25) is 23.7 Å². The Morgan fingerprint density at radius 2 is 1.43 bits per heavy atom. The third-order valence-corrected chi connectivity index (χ3v) is 10.2. The summed E-state index contributed by atoms with van der Waals surface area (Å²) in [4.78, 5) is 42.6. The lowest BCUT2D eigenvalue weighted by molar-refractivity contribution is -0.254. The largest absolute Gasteiger partial charge is 0.400 e. The molecule has 5 aromatic rings. The van der Waals surface area contributed by atoms with Gasteiger partial charge in [-0.1, -0.05) is 92.7 Å². The van der Waals surface area contributed by atoms with E-state index in [0.29, 0.717) is 43.1 Å². The Balaban J connectivity index is 0.000000759. The van der Waals surface area contributed by atoms with E-state index in [0.717, 1.165) is 29.5 Å².